The predicted octanol–water partition coefficient (Wildman–Crippen LogP) is 6.39. The average Bonchev–Trinajstić information content (AvgIpc) is 3.31. The fourth-order valence-electron chi connectivity index (χ4n) is 3.90. The molecule has 0 unspecified atom stereocenters. The first-order valence-electron chi connectivity index (χ1n) is 10.1. The summed E-state index contributed by atoms with van der Waals surface area (Å²) in [6.07, 6.45) is -2.93. The molecule has 0 aliphatic rings. The van der Waals surface area contributed by atoms with E-state index in [-0.39, 0.29) is 5.75 Å². The number of methoxy groups -OCH3 is 1. The third kappa shape index (κ3) is 3.77. The van der Waals surface area contributed by atoms with Crippen molar-refractivity contribution >= 4 is 39.8 Å². The van der Waals surface area contributed by atoms with E-state index < -0.39 is 11.7 Å². The van der Waals surface area contributed by atoms with Gasteiger partial charge in [0.15, 0.2) is 0 Å². The van der Waals surface area contributed by atoms with Gasteiger partial charge in [-0.3, -0.25) is 4.40 Å². The van der Waals surface area contributed by atoms with E-state index in [2.05, 4.69) is 15.2 Å². The van der Waals surface area contributed by atoms with E-state index >= 15 is 0 Å². The molecule has 0 atom stereocenters. The standard InChI is InChI=1S/C24H17ClF3N5O/c1-32(22-18-8-7-16(25)12-20(18)33-13-29-31-23(33)30-22)17-5-3-4-14(10-17)15-6-9-19(24(26,27)28)21(11-15)34-2/h3-13H,1-2H3. The van der Waals surface area contributed by atoms with Gasteiger partial charge in [-0.2, -0.15) is 18.2 Å². The van der Waals surface area contributed by atoms with Crippen molar-refractivity contribution in [2.75, 3.05) is 19.1 Å². The summed E-state index contributed by atoms with van der Waals surface area (Å²) in [7, 11) is 3.08. The van der Waals surface area contributed by atoms with E-state index in [0.717, 1.165) is 28.2 Å². The van der Waals surface area contributed by atoms with Crippen molar-refractivity contribution in [1.29, 1.82) is 0 Å². The van der Waals surface area contributed by atoms with Crippen LogP contribution in [-0.4, -0.2) is 33.7 Å². The number of fused-ring (bicyclic) bond motifs is 3. The third-order valence-corrected chi connectivity index (χ3v) is 5.82. The van der Waals surface area contributed by atoms with Crippen LogP contribution in [0.1, 0.15) is 5.56 Å². The first-order chi connectivity index (χ1) is 16.3. The maximum absolute atomic E-state index is 13.3. The van der Waals surface area contributed by atoms with E-state index in [0.29, 0.717) is 22.2 Å². The van der Waals surface area contributed by atoms with Crippen LogP contribution in [0.2, 0.25) is 5.02 Å². The van der Waals surface area contributed by atoms with E-state index in [4.69, 9.17) is 16.3 Å². The smallest absolute Gasteiger partial charge is 0.419 e. The molecule has 0 radical (unpaired) electrons. The summed E-state index contributed by atoms with van der Waals surface area (Å²) < 4.78 is 46.5. The van der Waals surface area contributed by atoms with Crippen molar-refractivity contribution < 1.29 is 17.9 Å². The molecule has 0 bridgehead atoms. The van der Waals surface area contributed by atoms with Crippen LogP contribution in [0.3, 0.4) is 0 Å². The largest absolute Gasteiger partial charge is 0.496 e. The third-order valence-electron chi connectivity index (χ3n) is 5.59. The second-order valence-electron chi connectivity index (χ2n) is 7.62. The molecule has 0 fully saturated rings. The summed E-state index contributed by atoms with van der Waals surface area (Å²) in [6.45, 7) is 0. The van der Waals surface area contributed by atoms with Crippen LogP contribution in [0, 0.1) is 0 Å². The molecule has 6 nitrogen and oxygen atoms in total. The molecule has 5 aromatic rings. The van der Waals surface area contributed by atoms with Crippen molar-refractivity contribution in [3.05, 3.63) is 77.6 Å². The van der Waals surface area contributed by atoms with Gasteiger partial charge in [-0.25, -0.2) is 0 Å². The molecule has 5 rings (SSSR count). The summed E-state index contributed by atoms with van der Waals surface area (Å²) in [6, 6.07) is 16.8. The van der Waals surface area contributed by atoms with E-state index in [9.17, 15) is 13.2 Å². The Labute approximate surface area is 197 Å². The minimum atomic E-state index is -4.50. The highest BCUT2D eigenvalue weighted by Crippen LogP contribution is 2.39. The first kappa shape index (κ1) is 22.0. The quantitative estimate of drug-likeness (QED) is 0.296. The topological polar surface area (TPSA) is 55.5 Å². The van der Waals surface area contributed by atoms with Gasteiger partial charge < -0.3 is 9.64 Å². The number of alkyl halides is 3. The van der Waals surface area contributed by atoms with Crippen LogP contribution in [-0.2, 0) is 6.18 Å². The number of anilines is 2. The number of aromatic nitrogens is 4. The fourth-order valence-corrected chi connectivity index (χ4v) is 4.07. The molecule has 0 saturated heterocycles. The van der Waals surface area contributed by atoms with Gasteiger partial charge in [-0.05, 0) is 53.6 Å². The molecule has 34 heavy (non-hydrogen) atoms. The molecular weight excluding hydrogens is 467 g/mol. The van der Waals surface area contributed by atoms with Gasteiger partial charge in [-0.1, -0.05) is 29.8 Å². The Morgan fingerprint density at radius 3 is 2.56 bits per heavy atom. The first-order valence-corrected chi connectivity index (χ1v) is 10.5. The monoisotopic (exact) mass is 483 g/mol. The van der Waals surface area contributed by atoms with E-state index in [1.54, 1.807) is 16.8 Å². The zero-order valence-electron chi connectivity index (χ0n) is 18.0. The Balaban J connectivity index is 1.60. The maximum Gasteiger partial charge on any atom is 0.419 e. The second-order valence-corrected chi connectivity index (χ2v) is 8.06. The molecule has 0 saturated carbocycles. The minimum Gasteiger partial charge on any atom is -0.496 e. The summed E-state index contributed by atoms with van der Waals surface area (Å²) >= 11 is 6.22. The van der Waals surface area contributed by atoms with Crippen molar-refractivity contribution in [3.8, 4) is 16.9 Å². The number of rotatable bonds is 4. The second kappa shape index (κ2) is 8.18. The van der Waals surface area contributed by atoms with Gasteiger partial charge in [-0.15, -0.1) is 10.2 Å². The maximum atomic E-state index is 13.3. The molecule has 0 aliphatic carbocycles. The summed E-state index contributed by atoms with van der Waals surface area (Å²) in [5.74, 6) is 0.820. The van der Waals surface area contributed by atoms with Gasteiger partial charge in [0.25, 0.3) is 5.78 Å². The van der Waals surface area contributed by atoms with Gasteiger partial charge >= 0.3 is 6.18 Å². The summed E-state index contributed by atoms with van der Waals surface area (Å²) in [4.78, 5) is 6.55. The lowest BCUT2D eigenvalue weighted by Crippen LogP contribution is -2.13. The number of benzene rings is 3. The number of hydrogen-bond acceptors (Lipinski definition) is 5. The predicted molar refractivity (Wildman–Crippen MR) is 125 cm³/mol. The lowest BCUT2D eigenvalue weighted by Gasteiger charge is -2.21. The number of nitrogens with zero attached hydrogens (tertiary/aromatic N) is 5. The summed E-state index contributed by atoms with van der Waals surface area (Å²) in [5.41, 5.74) is 2.09. The molecule has 10 heteroatoms. The van der Waals surface area contributed by atoms with Gasteiger partial charge in [0.2, 0.25) is 0 Å². The zero-order valence-corrected chi connectivity index (χ0v) is 18.8. The average molecular weight is 484 g/mol. The van der Waals surface area contributed by atoms with Crippen molar-refractivity contribution in [2.24, 2.45) is 0 Å². The SMILES string of the molecule is COc1cc(-c2cccc(N(C)c3nc4nncn4c4cc(Cl)ccc34)c2)ccc1C(F)(F)F. The van der Waals surface area contributed by atoms with Crippen LogP contribution in [0.25, 0.3) is 27.8 Å². The van der Waals surface area contributed by atoms with Gasteiger partial charge in [0, 0.05) is 23.1 Å². The molecule has 2 heterocycles. The van der Waals surface area contributed by atoms with Crippen LogP contribution in [0.4, 0.5) is 24.7 Å². The fraction of sp³-hybridized carbons (Fsp3) is 0.125. The van der Waals surface area contributed by atoms with E-state index in [1.807, 2.05) is 48.3 Å². The Morgan fingerprint density at radius 2 is 1.79 bits per heavy atom. The van der Waals surface area contributed by atoms with Crippen LogP contribution < -0.4 is 9.64 Å². The normalized spacial score (nSPS) is 11.8. The molecular formula is C24H17ClF3N5O. The van der Waals surface area contributed by atoms with Crippen molar-refractivity contribution in [3.63, 3.8) is 0 Å². The Morgan fingerprint density at radius 1 is 1.00 bits per heavy atom. The summed E-state index contributed by atoms with van der Waals surface area (Å²) in [5, 5.41) is 9.42. The van der Waals surface area contributed by atoms with Gasteiger partial charge in [0.1, 0.15) is 17.9 Å². The van der Waals surface area contributed by atoms with Gasteiger partial charge in [0.05, 0.1) is 18.2 Å². The lowest BCUT2D eigenvalue weighted by molar-refractivity contribution is -0.138. The van der Waals surface area contributed by atoms with Crippen LogP contribution in [0.5, 0.6) is 5.75 Å². The Kier molecular flexibility index (Phi) is 5.28. The lowest BCUT2D eigenvalue weighted by atomic mass is 10.0. The number of ether oxygens (including phenoxy) is 1. The number of hydrogen-bond donors (Lipinski definition) is 0. The van der Waals surface area contributed by atoms with Crippen LogP contribution >= 0.6 is 11.6 Å². The molecule has 0 aliphatic heterocycles. The van der Waals surface area contributed by atoms with Crippen molar-refractivity contribution in [1.82, 2.24) is 19.6 Å². The highest BCUT2D eigenvalue weighted by atomic mass is 35.5. The molecule has 0 N–H and O–H groups in total. The highest BCUT2D eigenvalue weighted by Gasteiger charge is 2.34. The molecule has 3 aromatic carbocycles. The molecule has 0 spiro atoms. The molecule has 2 aromatic heterocycles. The zero-order chi connectivity index (χ0) is 24.0. The van der Waals surface area contributed by atoms with Crippen LogP contribution in [0.15, 0.2) is 67.0 Å². The van der Waals surface area contributed by atoms with E-state index in [1.165, 1.54) is 19.2 Å². The highest BCUT2D eigenvalue weighted by molar-refractivity contribution is 6.31. The minimum absolute atomic E-state index is 0.231. The van der Waals surface area contributed by atoms with Crippen molar-refractivity contribution in [2.45, 2.75) is 6.18 Å². The Bertz CT molecular complexity index is 1530. The molecule has 172 valence electrons. The number of halogens is 4. The molecule has 0 amide bonds. The Hall–Kier alpha value is -3.85.